The Morgan fingerprint density at radius 2 is 2.07 bits per heavy atom. The van der Waals surface area contributed by atoms with Gasteiger partial charge in [-0.2, -0.15) is 0 Å². The average Bonchev–Trinajstić information content (AvgIpc) is 2.18. The predicted molar refractivity (Wildman–Crippen MR) is 55.6 cm³/mol. The van der Waals surface area contributed by atoms with E-state index < -0.39 is 0 Å². The van der Waals surface area contributed by atoms with E-state index in [0.717, 1.165) is 5.52 Å². The molecule has 70 valence electrons. The number of nitrogens with two attached hydrogens (primary N) is 1. The van der Waals surface area contributed by atoms with Gasteiger partial charge in [0.2, 0.25) is 0 Å². The number of rotatable bonds is 1. The molecule has 1 aromatic carbocycles. The molecule has 14 heavy (non-hydrogen) atoms. The van der Waals surface area contributed by atoms with Gasteiger partial charge in [0.25, 0.3) is 0 Å². The number of amidine groups is 1. The van der Waals surface area contributed by atoms with Crippen LogP contribution in [0.3, 0.4) is 0 Å². The van der Waals surface area contributed by atoms with Crippen molar-refractivity contribution in [1.82, 2.24) is 4.98 Å². The Bertz CT molecular complexity index is 557. The third kappa shape index (κ3) is 1.17. The molecule has 1 heterocycles. The van der Waals surface area contributed by atoms with Crippen molar-refractivity contribution in [3.05, 3.63) is 46.2 Å². The van der Waals surface area contributed by atoms with Gasteiger partial charge in [0.05, 0.1) is 5.56 Å². The third-order valence-electron chi connectivity index (χ3n) is 2.08. The fraction of sp³-hybridized carbons (Fsp3) is 0. The largest absolute Gasteiger partial charge is 0.384 e. The summed E-state index contributed by atoms with van der Waals surface area (Å²) in [5.41, 5.74) is 6.03. The molecule has 0 aliphatic carbocycles. The highest BCUT2D eigenvalue weighted by atomic mass is 16.1. The summed E-state index contributed by atoms with van der Waals surface area (Å²) in [5, 5.41) is 7.76. The zero-order valence-corrected chi connectivity index (χ0v) is 7.37. The second-order valence-electron chi connectivity index (χ2n) is 2.99. The Kier molecular flexibility index (Phi) is 1.81. The molecule has 0 bridgehead atoms. The van der Waals surface area contributed by atoms with Crippen molar-refractivity contribution >= 4 is 16.7 Å². The SMILES string of the molecule is N=C(N)c1c[nH]c2ccccc2c1=O. The number of nitrogens with one attached hydrogen (secondary N) is 2. The number of hydrogen-bond donors (Lipinski definition) is 3. The maximum Gasteiger partial charge on any atom is 0.200 e. The number of aromatic nitrogens is 1. The van der Waals surface area contributed by atoms with Gasteiger partial charge in [-0.3, -0.25) is 10.2 Å². The molecule has 0 fully saturated rings. The monoisotopic (exact) mass is 187 g/mol. The van der Waals surface area contributed by atoms with Gasteiger partial charge in [-0.05, 0) is 12.1 Å². The summed E-state index contributed by atoms with van der Waals surface area (Å²) < 4.78 is 0. The summed E-state index contributed by atoms with van der Waals surface area (Å²) >= 11 is 0. The molecule has 2 rings (SSSR count). The first-order chi connectivity index (χ1) is 6.70. The number of para-hydroxylation sites is 1. The zero-order valence-electron chi connectivity index (χ0n) is 7.37. The number of fused-ring (bicyclic) bond motifs is 1. The molecule has 0 atom stereocenters. The minimum atomic E-state index is -0.211. The van der Waals surface area contributed by atoms with E-state index in [9.17, 15) is 4.79 Å². The molecule has 0 radical (unpaired) electrons. The molecule has 2 aromatic rings. The molecule has 0 spiro atoms. The highest BCUT2D eigenvalue weighted by Gasteiger charge is 2.05. The lowest BCUT2D eigenvalue weighted by atomic mass is 10.1. The summed E-state index contributed by atoms with van der Waals surface area (Å²) in [4.78, 5) is 14.6. The average molecular weight is 187 g/mol. The van der Waals surface area contributed by atoms with Gasteiger partial charge < -0.3 is 10.7 Å². The molecule has 0 amide bonds. The molecule has 4 heteroatoms. The lowest BCUT2D eigenvalue weighted by Gasteiger charge is -2.00. The number of hydrogen-bond acceptors (Lipinski definition) is 2. The van der Waals surface area contributed by atoms with Crippen molar-refractivity contribution < 1.29 is 0 Å². The standard InChI is InChI=1S/C10H9N3O/c11-10(12)7-5-13-8-4-2-1-3-6(8)9(7)14/h1-5H,(H3,11,12)(H,13,14). The Morgan fingerprint density at radius 3 is 2.79 bits per heavy atom. The lowest BCUT2D eigenvalue weighted by Crippen LogP contribution is -2.21. The Balaban J connectivity index is 2.89. The van der Waals surface area contributed by atoms with Crippen LogP contribution in [0.15, 0.2) is 35.3 Å². The van der Waals surface area contributed by atoms with Gasteiger partial charge in [0.15, 0.2) is 5.43 Å². The fourth-order valence-corrected chi connectivity index (χ4v) is 1.37. The second-order valence-corrected chi connectivity index (χ2v) is 2.99. The van der Waals surface area contributed by atoms with Crippen LogP contribution in [0.5, 0.6) is 0 Å². The summed E-state index contributed by atoms with van der Waals surface area (Å²) in [5.74, 6) is -0.211. The van der Waals surface area contributed by atoms with Crippen LogP contribution in [-0.4, -0.2) is 10.8 Å². The van der Waals surface area contributed by atoms with Crippen molar-refractivity contribution in [1.29, 1.82) is 5.41 Å². The minimum Gasteiger partial charge on any atom is -0.384 e. The van der Waals surface area contributed by atoms with E-state index in [0.29, 0.717) is 5.39 Å². The van der Waals surface area contributed by atoms with Gasteiger partial charge in [-0.1, -0.05) is 12.1 Å². The van der Waals surface area contributed by atoms with E-state index >= 15 is 0 Å². The maximum absolute atomic E-state index is 11.7. The second kappa shape index (κ2) is 2.99. The number of aromatic amines is 1. The fourth-order valence-electron chi connectivity index (χ4n) is 1.37. The van der Waals surface area contributed by atoms with Crippen LogP contribution in [0.2, 0.25) is 0 Å². The number of benzene rings is 1. The van der Waals surface area contributed by atoms with Crippen LogP contribution < -0.4 is 11.2 Å². The van der Waals surface area contributed by atoms with Crippen LogP contribution in [0.25, 0.3) is 10.9 Å². The molecule has 4 nitrogen and oxygen atoms in total. The molecule has 0 saturated carbocycles. The quantitative estimate of drug-likeness (QED) is 0.456. The molecule has 1 aromatic heterocycles. The van der Waals surface area contributed by atoms with Crippen molar-refractivity contribution in [2.45, 2.75) is 0 Å². The van der Waals surface area contributed by atoms with E-state index in [4.69, 9.17) is 11.1 Å². The summed E-state index contributed by atoms with van der Waals surface area (Å²) in [6.45, 7) is 0. The predicted octanol–water partition coefficient (Wildman–Crippen LogP) is 0.812. The smallest absolute Gasteiger partial charge is 0.200 e. The van der Waals surface area contributed by atoms with Crippen molar-refractivity contribution in [3.63, 3.8) is 0 Å². The topological polar surface area (TPSA) is 82.7 Å². The van der Waals surface area contributed by atoms with Crippen LogP contribution in [0.4, 0.5) is 0 Å². The highest BCUT2D eigenvalue weighted by molar-refractivity contribution is 5.97. The Hall–Kier alpha value is -2.10. The molecular weight excluding hydrogens is 178 g/mol. The van der Waals surface area contributed by atoms with Crippen molar-refractivity contribution in [2.24, 2.45) is 5.73 Å². The molecule has 0 aliphatic rings. The van der Waals surface area contributed by atoms with Crippen LogP contribution in [0, 0.1) is 5.41 Å². The summed E-state index contributed by atoms with van der Waals surface area (Å²) in [7, 11) is 0. The summed E-state index contributed by atoms with van der Waals surface area (Å²) in [6, 6.07) is 7.13. The van der Waals surface area contributed by atoms with Crippen LogP contribution >= 0.6 is 0 Å². The first-order valence-corrected chi connectivity index (χ1v) is 4.15. The Labute approximate surface area is 79.9 Å². The van der Waals surface area contributed by atoms with Gasteiger partial charge in [-0.15, -0.1) is 0 Å². The normalized spacial score (nSPS) is 10.3. The van der Waals surface area contributed by atoms with Crippen molar-refractivity contribution in [2.75, 3.05) is 0 Å². The minimum absolute atomic E-state index is 0.202. The van der Waals surface area contributed by atoms with Gasteiger partial charge in [0, 0.05) is 17.1 Å². The molecule has 0 unspecified atom stereocenters. The zero-order chi connectivity index (χ0) is 10.1. The molecule has 4 N–H and O–H groups in total. The first-order valence-electron chi connectivity index (χ1n) is 4.15. The first kappa shape index (κ1) is 8.50. The van der Waals surface area contributed by atoms with Crippen LogP contribution in [0.1, 0.15) is 5.56 Å². The lowest BCUT2D eigenvalue weighted by molar-refractivity contribution is 1.33. The molecule has 0 saturated heterocycles. The number of pyridine rings is 1. The van der Waals surface area contributed by atoms with E-state index in [2.05, 4.69) is 4.98 Å². The van der Waals surface area contributed by atoms with Crippen molar-refractivity contribution in [3.8, 4) is 0 Å². The highest BCUT2D eigenvalue weighted by Crippen LogP contribution is 2.06. The van der Waals surface area contributed by atoms with Crippen LogP contribution in [-0.2, 0) is 0 Å². The maximum atomic E-state index is 11.7. The number of H-pyrrole nitrogens is 1. The summed E-state index contributed by atoms with van der Waals surface area (Å²) in [6.07, 6.45) is 1.47. The van der Waals surface area contributed by atoms with Gasteiger partial charge >= 0.3 is 0 Å². The number of nitrogen functional groups attached to an aromatic ring is 1. The van der Waals surface area contributed by atoms with Gasteiger partial charge in [-0.25, -0.2) is 0 Å². The van der Waals surface area contributed by atoms with E-state index in [1.54, 1.807) is 18.2 Å². The molecular formula is C10H9N3O. The Morgan fingerprint density at radius 1 is 1.36 bits per heavy atom. The van der Waals surface area contributed by atoms with Gasteiger partial charge in [0.1, 0.15) is 5.84 Å². The van der Waals surface area contributed by atoms with E-state index in [-0.39, 0.29) is 16.8 Å². The third-order valence-corrected chi connectivity index (χ3v) is 2.08. The van der Waals surface area contributed by atoms with E-state index in [1.807, 2.05) is 6.07 Å². The van der Waals surface area contributed by atoms with E-state index in [1.165, 1.54) is 6.20 Å². The molecule has 0 aliphatic heterocycles.